The van der Waals surface area contributed by atoms with E-state index in [1.165, 1.54) is 12.8 Å². The molecule has 0 atom stereocenters. The molecule has 4 heteroatoms. The summed E-state index contributed by atoms with van der Waals surface area (Å²) in [5.74, 6) is 0.719. The Kier molecular flexibility index (Phi) is 5.76. The van der Waals surface area contributed by atoms with Crippen LogP contribution in [0.2, 0.25) is 0 Å². The van der Waals surface area contributed by atoms with Crippen LogP contribution in [0.1, 0.15) is 38.7 Å². The van der Waals surface area contributed by atoms with Gasteiger partial charge in [0.05, 0.1) is 0 Å². The molecule has 0 saturated heterocycles. The third kappa shape index (κ3) is 5.14. The number of hydrogen-bond donors (Lipinski definition) is 2. The first kappa shape index (κ1) is 16.0. The number of carbonyl (C=O) groups excluding carboxylic acids is 1. The van der Waals surface area contributed by atoms with Crippen molar-refractivity contribution in [3.63, 3.8) is 0 Å². The average Bonchev–Trinajstić information content (AvgIpc) is 3.28. The lowest BCUT2D eigenvalue weighted by Gasteiger charge is -2.23. The Morgan fingerprint density at radius 2 is 2.10 bits per heavy atom. The fourth-order valence-electron chi connectivity index (χ4n) is 2.61. The summed E-state index contributed by atoms with van der Waals surface area (Å²) < 4.78 is 0. The largest absolute Gasteiger partial charge is 0.326 e. The van der Waals surface area contributed by atoms with E-state index >= 15 is 0 Å². The van der Waals surface area contributed by atoms with Crippen LogP contribution in [0, 0.1) is 5.92 Å². The number of amides is 1. The number of nitrogens with zero attached hydrogens (tertiary/aromatic N) is 1. The zero-order chi connectivity index (χ0) is 15.2. The van der Waals surface area contributed by atoms with Crippen LogP contribution < -0.4 is 11.1 Å². The summed E-state index contributed by atoms with van der Waals surface area (Å²) in [5.41, 5.74) is 7.51. The second kappa shape index (κ2) is 7.57. The summed E-state index contributed by atoms with van der Waals surface area (Å²) in [5, 5.41) is 2.98. The van der Waals surface area contributed by atoms with Crippen molar-refractivity contribution in [2.24, 2.45) is 11.7 Å². The molecule has 0 bridgehead atoms. The second-order valence-corrected chi connectivity index (χ2v) is 6.28. The lowest BCUT2D eigenvalue weighted by atomic mass is 10.1. The minimum absolute atomic E-state index is 0.0744. The van der Waals surface area contributed by atoms with Gasteiger partial charge >= 0.3 is 0 Å². The van der Waals surface area contributed by atoms with Crippen LogP contribution in [0.4, 0.5) is 5.69 Å². The zero-order valence-electron chi connectivity index (χ0n) is 13.1. The van der Waals surface area contributed by atoms with E-state index in [1.807, 2.05) is 24.3 Å². The number of rotatable bonds is 8. The minimum Gasteiger partial charge on any atom is -0.326 e. The number of nitrogens with two attached hydrogens (primary N) is 1. The summed E-state index contributed by atoms with van der Waals surface area (Å²) in [6.45, 7) is 6.83. The van der Waals surface area contributed by atoms with E-state index in [1.54, 1.807) is 0 Å². The first-order valence-electron chi connectivity index (χ1n) is 7.92. The van der Waals surface area contributed by atoms with Gasteiger partial charge in [0.25, 0.3) is 0 Å². The van der Waals surface area contributed by atoms with Gasteiger partial charge in [0, 0.05) is 37.8 Å². The predicted octanol–water partition coefficient (Wildman–Crippen LogP) is 2.59. The summed E-state index contributed by atoms with van der Waals surface area (Å²) in [6.07, 6.45) is 3.11. The summed E-state index contributed by atoms with van der Waals surface area (Å²) in [7, 11) is 0. The van der Waals surface area contributed by atoms with E-state index in [0.717, 1.165) is 24.3 Å². The molecule has 116 valence electrons. The molecule has 1 amide bonds. The quantitative estimate of drug-likeness (QED) is 0.773. The Labute approximate surface area is 127 Å². The zero-order valence-corrected chi connectivity index (χ0v) is 13.1. The Morgan fingerprint density at radius 1 is 1.38 bits per heavy atom. The van der Waals surface area contributed by atoms with Crippen LogP contribution in [0.3, 0.4) is 0 Å². The molecule has 1 aliphatic carbocycles. The van der Waals surface area contributed by atoms with E-state index in [-0.39, 0.29) is 5.91 Å². The predicted molar refractivity (Wildman–Crippen MR) is 87.0 cm³/mol. The van der Waals surface area contributed by atoms with Crippen molar-refractivity contribution in [2.45, 2.75) is 45.7 Å². The van der Waals surface area contributed by atoms with E-state index in [2.05, 4.69) is 24.1 Å². The number of carbonyl (C=O) groups is 1. The van der Waals surface area contributed by atoms with Crippen molar-refractivity contribution < 1.29 is 4.79 Å². The van der Waals surface area contributed by atoms with Gasteiger partial charge in [0.2, 0.25) is 5.91 Å². The molecule has 0 heterocycles. The van der Waals surface area contributed by atoms with Gasteiger partial charge in [0.15, 0.2) is 0 Å². The first-order valence-corrected chi connectivity index (χ1v) is 7.92. The third-order valence-corrected chi connectivity index (χ3v) is 3.80. The molecular weight excluding hydrogens is 262 g/mol. The minimum atomic E-state index is 0.0744. The standard InChI is InChI=1S/C17H27N3O/c1-13(2)12-20(15-7-8-15)10-9-17(21)19-16-6-4-3-5-14(16)11-18/h3-6,13,15H,7-12,18H2,1-2H3,(H,19,21). The molecule has 1 fully saturated rings. The highest BCUT2D eigenvalue weighted by Gasteiger charge is 2.29. The van der Waals surface area contributed by atoms with Gasteiger partial charge < -0.3 is 11.1 Å². The summed E-state index contributed by atoms with van der Waals surface area (Å²) in [6, 6.07) is 8.42. The molecule has 21 heavy (non-hydrogen) atoms. The molecule has 4 nitrogen and oxygen atoms in total. The molecule has 1 aromatic carbocycles. The molecular formula is C17H27N3O. The van der Waals surface area contributed by atoms with E-state index in [4.69, 9.17) is 5.73 Å². The van der Waals surface area contributed by atoms with Gasteiger partial charge in [-0.1, -0.05) is 32.0 Å². The molecule has 0 unspecified atom stereocenters. The number of anilines is 1. The number of para-hydroxylation sites is 1. The molecule has 0 aromatic heterocycles. The fraction of sp³-hybridized carbons (Fsp3) is 0.588. The number of benzene rings is 1. The van der Waals surface area contributed by atoms with E-state index < -0.39 is 0 Å². The molecule has 1 aromatic rings. The maximum Gasteiger partial charge on any atom is 0.225 e. The van der Waals surface area contributed by atoms with Gasteiger partial charge in [0.1, 0.15) is 0 Å². The molecule has 0 spiro atoms. The Hall–Kier alpha value is -1.39. The maximum atomic E-state index is 12.1. The number of nitrogens with one attached hydrogen (secondary N) is 1. The van der Waals surface area contributed by atoms with Crippen LogP contribution in [-0.4, -0.2) is 29.9 Å². The maximum absolute atomic E-state index is 12.1. The lowest BCUT2D eigenvalue weighted by Crippen LogP contribution is -2.33. The van der Waals surface area contributed by atoms with Crippen molar-refractivity contribution in [3.05, 3.63) is 29.8 Å². The molecule has 2 rings (SSSR count). The second-order valence-electron chi connectivity index (χ2n) is 6.28. The van der Waals surface area contributed by atoms with Crippen molar-refractivity contribution in [2.75, 3.05) is 18.4 Å². The topological polar surface area (TPSA) is 58.4 Å². The van der Waals surface area contributed by atoms with E-state index in [0.29, 0.717) is 24.9 Å². The third-order valence-electron chi connectivity index (χ3n) is 3.80. The molecule has 0 radical (unpaired) electrons. The number of hydrogen-bond acceptors (Lipinski definition) is 3. The lowest BCUT2D eigenvalue weighted by molar-refractivity contribution is -0.116. The van der Waals surface area contributed by atoms with Gasteiger partial charge in [-0.3, -0.25) is 9.69 Å². The van der Waals surface area contributed by atoms with Crippen LogP contribution in [0.5, 0.6) is 0 Å². The first-order chi connectivity index (χ1) is 10.1. The molecule has 1 saturated carbocycles. The monoisotopic (exact) mass is 289 g/mol. The molecule has 3 N–H and O–H groups in total. The Morgan fingerprint density at radius 3 is 2.71 bits per heavy atom. The van der Waals surface area contributed by atoms with Crippen LogP contribution in [0.25, 0.3) is 0 Å². The molecule has 0 aliphatic heterocycles. The smallest absolute Gasteiger partial charge is 0.225 e. The van der Waals surface area contributed by atoms with Crippen molar-refractivity contribution >= 4 is 11.6 Å². The van der Waals surface area contributed by atoms with Gasteiger partial charge in [-0.05, 0) is 30.4 Å². The molecule has 1 aliphatic rings. The highest BCUT2D eigenvalue weighted by molar-refractivity contribution is 5.91. The Bertz CT molecular complexity index is 469. The van der Waals surface area contributed by atoms with Gasteiger partial charge in [-0.2, -0.15) is 0 Å². The van der Waals surface area contributed by atoms with Crippen LogP contribution in [0.15, 0.2) is 24.3 Å². The van der Waals surface area contributed by atoms with Gasteiger partial charge in [-0.15, -0.1) is 0 Å². The highest BCUT2D eigenvalue weighted by Crippen LogP contribution is 2.27. The van der Waals surface area contributed by atoms with Crippen LogP contribution >= 0.6 is 0 Å². The van der Waals surface area contributed by atoms with Crippen molar-refractivity contribution in [3.8, 4) is 0 Å². The Balaban J connectivity index is 1.83. The summed E-state index contributed by atoms with van der Waals surface area (Å²) in [4.78, 5) is 14.6. The average molecular weight is 289 g/mol. The summed E-state index contributed by atoms with van der Waals surface area (Å²) >= 11 is 0. The SMILES string of the molecule is CC(C)CN(CCC(=O)Nc1ccccc1CN)C1CC1. The van der Waals surface area contributed by atoms with E-state index in [9.17, 15) is 4.79 Å². The van der Waals surface area contributed by atoms with Crippen molar-refractivity contribution in [1.29, 1.82) is 0 Å². The fourth-order valence-corrected chi connectivity index (χ4v) is 2.61. The van der Waals surface area contributed by atoms with Crippen molar-refractivity contribution in [1.82, 2.24) is 4.90 Å². The van der Waals surface area contributed by atoms with Gasteiger partial charge in [-0.25, -0.2) is 0 Å². The highest BCUT2D eigenvalue weighted by atomic mass is 16.1. The van der Waals surface area contributed by atoms with Crippen LogP contribution in [-0.2, 0) is 11.3 Å². The normalized spacial score (nSPS) is 14.7.